The Hall–Kier alpha value is -2.00. The van der Waals surface area contributed by atoms with Gasteiger partial charge in [0.1, 0.15) is 10.8 Å². The lowest BCUT2D eigenvalue weighted by molar-refractivity contribution is 0.219. The Bertz CT molecular complexity index is 1070. The van der Waals surface area contributed by atoms with Crippen LogP contribution in [-0.2, 0) is 0 Å². The van der Waals surface area contributed by atoms with Crippen LogP contribution in [0.15, 0.2) is 24.8 Å². The lowest BCUT2D eigenvalue weighted by Gasteiger charge is -2.34. The molecule has 0 fully saturated rings. The van der Waals surface area contributed by atoms with Crippen molar-refractivity contribution < 1.29 is 4.74 Å². The largest absolute Gasteiger partial charge is 0.491 e. The maximum absolute atomic E-state index is 7.24. The van der Waals surface area contributed by atoms with Gasteiger partial charge in [-0.15, -0.1) is 0 Å². The molecule has 0 spiro atoms. The molecule has 3 rings (SSSR count). The van der Waals surface area contributed by atoms with E-state index >= 15 is 0 Å². The molecule has 1 aromatic heterocycles. The Morgan fingerprint density at radius 1 is 1.00 bits per heavy atom. The maximum atomic E-state index is 7.24. The molecule has 4 atom stereocenters. The van der Waals surface area contributed by atoms with Crippen molar-refractivity contribution in [3.8, 4) is 17.0 Å². The van der Waals surface area contributed by atoms with Crippen LogP contribution in [0.3, 0.4) is 0 Å². The van der Waals surface area contributed by atoms with Crippen LogP contribution in [0.25, 0.3) is 16.8 Å². The Morgan fingerprint density at radius 3 is 2.19 bits per heavy atom. The fourth-order valence-electron chi connectivity index (χ4n) is 5.91. The van der Waals surface area contributed by atoms with Crippen molar-refractivity contribution >= 4 is 23.0 Å². The minimum Gasteiger partial charge on any atom is -0.491 e. The van der Waals surface area contributed by atoms with Gasteiger partial charge in [0.2, 0.25) is 0 Å². The van der Waals surface area contributed by atoms with Crippen LogP contribution in [0.4, 0.5) is 5.82 Å². The standard InChI is InChI=1S/C33H49ClN2O/c1-11-21(6)24(9)18-36(17-20(4)5)33-29-25(10)27(13-3)26(12-2)19-37-32(29)30(34)31(35-33)28-22(7)15-14-16-23(28)8/h14-16,20-21,24,26-27H,10-13,17-19H2,1-9H3/t21?,24-,26-,27?/m1/s1. The molecule has 37 heavy (non-hydrogen) atoms. The Balaban J connectivity index is 2.35. The van der Waals surface area contributed by atoms with Crippen molar-refractivity contribution in [1.29, 1.82) is 0 Å². The third-order valence-electron chi connectivity index (χ3n) is 8.55. The fraction of sp³-hybridized carbons (Fsp3) is 0.606. The Labute approximate surface area is 231 Å². The van der Waals surface area contributed by atoms with Crippen molar-refractivity contribution in [3.05, 3.63) is 46.5 Å². The number of aryl methyl sites for hydroxylation is 2. The molecular weight excluding hydrogens is 476 g/mol. The monoisotopic (exact) mass is 524 g/mol. The van der Waals surface area contributed by atoms with Gasteiger partial charge in [0.05, 0.1) is 17.9 Å². The molecular formula is C33H49ClN2O. The van der Waals surface area contributed by atoms with Gasteiger partial charge in [0, 0.05) is 18.7 Å². The first-order valence-electron chi connectivity index (χ1n) is 14.4. The summed E-state index contributed by atoms with van der Waals surface area (Å²) in [6.45, 7) is 27.6. The van der Waals surface area contributed by atoms with E-state index in [4.69, 9.17) is 27.9 Å². The zero-order valence-corrected chi connectivity index (χ0v) is 25.5. The zero-order valence-electron chi connectivity index (χ0n) is 24.7. The average molecular weight is 525 g/mol. The predicted octanol–water partition coefficient (Wildman–Crippen LogP) is 9.62. The summed E-state index contributed by atoms with van der Waals surface area (Å²) in [7, 11) is 0. The van der Waals surface area contributed by atoms with Crippen molar-refractivity contribution in [2.75, 3.05) is 24.6 Å². The van der Waals surface area contributed by atoms with Crippen molar-refractivity contribution in [2.24, 2.45) is 29.6 Å². The summed E-state index contributed by atoms with van der Waals surface area (Å²) >= 11 is 7.24. The molecule has 0 amide bonds. The summed E-state index contributed by atoms with van der Waals surface area (Å²) < 4.78 is 6.64. The van der Waals surface area contributed by atoms with E-state index in [1.54, 1.807) is 0 Å². The van der Waals surface area contributed by atoms with Crippen LogP contribution in [0.5, 0.6) is 5.75 Å². The number of halogens is 1. The number of anilines is 1. The van der Waals surface area contributed by atoms with Gasteiger partial charge in [0.25, 0.3) is 0 Å². The van der Waals surface area contributed by atoms with E-state index in [1.807, 2.05) is 0 Å². The highest BCUT2D eigenvalue weighted by Crippen LogP contribution is 2.50. The van der Waals surface area contributed by atoms with Crippen LogP contribution in [0, 0.1) is 43.4 Å². The number of ether oxygens (including phenoxy) is 1. The third-order valence-corrected chi connectivity index (χ3v) is 8.90. The van der Waals surface area contributed by atoms with E-state index in [9.17, 15) is 0 Å². The number of pyridine rings is 1. The van der Waals surface area contributed by atoms with E-state index < -0.39 is 0 Å². The molecule has 0 saturated carbocycles. The van der Waals surface area contributed by atoms with E-state index in [1.165, 1.54) is 17.5 Å². The summed E-state index contributed by atoms with van der Waals surface area (Å²) in [6, 6.07) is 6.38. The van der Waals surface area contributed by atoms with Crippen molar-refractivity contribution in [3.63, 3.8) is 0 Å². The zero-order chi connectivity index (χ0) is 27.4. The highest BCUT2D eigenvalue weighted by Gasteiger charge is 2.35. The molecule has 204 valence electrons. The molecule has 0 N–H and O–H groups in total. The number of fused-ring (bicyclic) bond motifs is 1. The molecule has 4 heteroatoms. The van der Waals surface area contributed by atoms with Gasteiger partial charge in [-0.3, -0.25) is 0 Å². The van der Waals surface area contributed by atoms with Gasteiger partial charge < -0.3 is 9.64 Å². The molecule has 2 unspecified atom stereocenters. The maximum Gasteiger partial charge on any atom is 0.151 e. The number of nitrogens with zero attached hydrogens (tertiary/aromatic N) is 2. The number of hydrogen-bond acceptors (Lipinski definition) is 3. The van der Waals surface area contributed by atoms with Gasteiger partial charge >= 0.3 is 0 Å². The second-order valence-corrected chi connectivity index (χ2v) is 12.1. The molecule has 0 aliphatic carbocycles. The van der Waals surface area contributed by atoms with E-state index in [0.29, 0.717) is 41.2 Å². The molecule has 2 heterocycles. The second-order valence-electron chi connectivity index (χ2n) is 11.7. The van der Waals surface area contributed by atoms with E-state index in [0.717, 1.165) is 59.9 Å². The summed E-state index contributed by atoms with van der Waals surface area (Å²) in [6.07, 6.45) is 3.25. The molecule has 0 bridgehead atoms. The number of rotatable bonds is 10. The third kappa shape index (κ3) is 6.19. The van der Waals surface area contributed by atoms with Crippen LogP contribution < -0.4 is 9.64 Å². The minimum atomic E-state index is 0.349. The molecule has 1 aliphatic heterocycles. The SMILES string of the molecule is C=C1c2c(N(CC(C)C)C[C@@H](C)C(C)CC)nc(-c3c(C)cccc3C)c(Cl)c2OC[C@@H](CC)C1CC. The topological polar surface area (TPSA) is 25.4 Å². The summed E-state index contributed by atoms with van der Waals surface area (Å²) in [4.78, 5) is 7.94. The normalized spacial score (nSPS) is 19.3. The van der Waals surface area contributed by atoms with Gasteiger partial charge in [-0.25, -0.2) is 4.98 Å². The van der Waals surface area contributed by atoms with Crippen LogP contribution in [-0.4, -0.2) is 24.7 Å². The van der Waals surface area contributed by atoms with Gasteiger partial charge in [-0.05, 0) is 73.0 Å². The van der Waals surface area contributed by atoms with Crippen LogP contribution in [0.1, 0.15) is 84.4 Å². The number of benzene rings is 1. The smallest absolute Gasteiger partial charge is 0.151 e. The predicted molar refractivity (Wildman–Crippen MR) is 162 cm³/mol. The molecule has 2 aromatic rings. The van der Waals surface area contributed by atoms with Gasteiger partial charge in [0.15, 0.2) is 5.75 Å². The first-order chi connectivity index (χ1) is 17.5. The lowest BCUT2D eigenvalue weighted by Crippen LogP contribution is -2.35. The number of allylic oxidation sites excluding steroid dienone is 1. The minimum absolute atomic E-state index is 0.349. The van der Waals surface area contributed by atoms with Crippen LogP contribution in [0.2, 0.25) is 5.02 Å². The summed E-state index contributed by atoms with van der Waals surface area (Å²) in [5, 5.41) is 0.614. The number of aromatic nitrogens is 1. The molecule has 0 radical (unpaired) electrons. The average Bonchev–Trinajstić information content (AvgIpc) is 3.00. The van der Waals surface area contributed by atoms with Crippen molar-refractivity contribution in [2.45, 2.75) is 81.6 Å². The first-order valence-corrected chi connectivity index (χ1v) is 14.8. The van der Waals surface area contributed by atoms with Gasteiger partial charge in [-0.1, -0.05) is 91.3 Å². The first kappa shape index (κ1) is 29.6. The number of hydrogen-bond donors (Lipinski definition) is 0. The summed E-state index contributed by atoms with van der Waals surface area (Å²) in [5.41, 5.74) is 6.44. The fourth-order valence-corrected chi connectivity index (χ4v) is 6.20. The molecule has 1 aliphatic rings. The van der Waals surface area contributed by atoms with Gasteiger partial charge in [-0.2, -0.15) is 0 Å². The second kappa shape index (κ2) is 12.7. The molecule has 0 saturated heterocycles. The molecule has 1 aromatic carbocycles. The van der Waals surface area contributed by atoms with E-state index in [2.05, 4.69) is 85.4 Å². The summed E-state index contributed by atoms with van der Waals surface area (Å²) in [5.74, 6) is 4.18. The quantitative estimate of drug-likeness (QED) is 0.309. The van der Waals surface area contributed by atoms with Crippen molar-refractivity contribution in [1.82, 2.24) is 4.98 Å². The Kier molecular flexibility index (Phi) is 10.1. The Morgan fingerprint density at radius 2 is 1.65 bits per heavy atom. The highest BCUT2D eigenvalue weighted by atomic mass is 35.5. The lowest BCUT2D eigenvalue weighted by atomic mass is 9.81. The molecule has 3 nitrogen and oxygen atoms in total. The van der Waals surface area contributed by atoms with Crippen LogP contribution >= 0.6 is 11.6 Å². The highest BCUT2D eigenvalue weighted by molar-refractivity contribution is 6.35. The van der Waals surface area contributed by atoms with E-state index in [-0.39, 0.29) is 0 Å².